The maximum atomic E-state index is 11.7. The predicted molar refractivity (Wildman–Crippen MR) is 78.3 cm³/mol. The summed E-state index contributed by atoms with van der Waals surface area (Å²) in [5.41, 5.74) is 2.21. The molecule has 0 radical (unpaired) electrons. The smallest absolute Gasteiger partial charge is 0.341 e. The third-order valence-electron chi connectivity index (χ3n) is 2.90. The van der Waals surface area contributed by atoms with Gasteiger partial charge in [0.2, 0.25) is 0 Å². The zero-order valence-electron chi connectivity index (χ0n) is 11.4. The molecule has 0 aliphatic carbocycles. The monoisotopic (exact) mass is 290 g/mol. The summed E-state index contributed by atoms with van der Waals surface area (Å²) in [6.45, 7) is 2.24. The van der Waals surface area contributed by atoms with E-state index in [1.165, 1.54) is 7.11 Å². The fraction of sp³-hybridized carbons (Fsp3) is 0.188. The number of rotatable bonds is 4. The van der Waals surface area contributed by atoms with E-state index in [0.717, 1.165) is 11.1 Å². The van der Waals surface area contributed by atoms with E-state index in [-0.39, 0.29) is 0 Å². The molecule has 4 heteroatoms. The molecule has 104 valence electrons. The van der Waals surface area contributed by atoms with Crippen LogP contribution in [0.15, 0.2) is 42.5 Å². The summed E-state index contributed by atoms with van der Waals surface area (Å²) in [5, 5.41) is 0.512. The van der Waals surface area contributed by atoms with Crippen molar-refractivity contribution in [3.05, 3.63) is 64.2 Å². The molecule has 0 heterocycles. The molecule has 2 rings (SSSR count). The summed E-state index contributed by atoms with van der Waals surface area (Å²) in [6.07, 6.45) is 0. The Hall–Kier alpha value is -2.00. The van der Waals surface area contributed by atoms with Crippen LogP contribution in [-0.4, -0.2) is 13.1 Å². The first kappa shape index (κ1) is 14.4. The van der Waals surface area contributed by atoms with Crippen molar-refractivity contribution in [2.75, 3.05) is 7.11 Å². The van der Waals surface area contributed by atoms with Gasteiger partial charge in [-0.05, 0) is 30.2 Å². The summed E-state index contributed by atoms with van der Waals surface area (Å²) in [4.78, 5) is 11.7. The van der Waals surface area contributed by atoms with Crippen molar-refractivity contribution >= 4 is 17.6 Å². The highest BCUT2D eigenvalue weighted by molar-refractivity contribution is 6.31. The van der Waals surface area contributed by atoms with Crippen LogP contribution in [-0.2, 0) is 11.3 Å². The highest BCUT2D eigenvalue weighted by Crippen LogP contribution is 2.28. The Bertz CT molecular complexity index is 609. The summed E-state index contributed by atoms with van der Waals surface area (Å²) >= 11 is 6.04. The van der Waals surface area contributed by atoms with Crippen molar-refractivity contribution in [1.29, 1.82) is 0 Å². The molecule has 20 heavy (non-hydrogen) atoms. The molecule has 0 atom stereocenters. The number of methoxy groups -OCH3 is 1. The predicted octanol–water partition coefficient (Wildman–Crippen LogP) is 4.01. The van der Waals surface area contributed by atoms with Gasteiger partial charge in [-0.2, -0.15) is 0 Å². The first-order chi connectivity index (χ1) is 9.61. The number of carbonyl (C=O) groups excluding carboxylic acids is 1. The zero-order chi connectivity index (χ0) is 14.5. The Kier molecular flexibility index (Phi) is 4.64. The van der Waals surface area contributed by atoms with Crippen molar-refractivity contribution in [2.24, 2.45) is 0 Å². The van der Waals surface area contributed by atoms with Crippen molar-refractivity contribution in [1.82, 2.24) is 0 Å². The number of benzene rings is 2. The third-order valence-corrected chi connectivity index (χ3v) is 3.31. The lowest BCUT2D eigenvalue weighted by Crippen LogP contribution is -2.06. The number of hydrogen-bond acceptors (Lipinski definition) is 3. The van der Waals surface area contributed by atoms with Crippen molar-refractivity contribution in [3.8, 4) is 5.75 Å². The fourth-order valence-corrected chi connectivity index (χ4v) is 1.94. The van der Waals surface area contributed by atoms with Crippen LogP contribution in [0.4, 0.5) is 0 Å². The molecule has 0 aliphatic heterocycles. The van der Waals surface area contributed by atoms with Gasteiger partial charge >= 0.3 is 5.97 Å². The van der Waals surface area contributed by atoms with Gasteiger partial charge in [-0.1, -0.05) is 41.9 Å². The Labute approximate surface area is 123 Å². The molecular formula is C16H15ClO3. The Morgan fingerprint density at radius 1 is 1.20 bits per heavy atom. The van der Waals surface area contributed by atoms with Gasteiger partial charge in [0.05, 0.1) is 7.11 Å². The molecule has 0 aliphatic rings. The lowest BCUT2D eigenvalue weighted by molar-refractivity contribution is 0.0595. The Morgan fingerprint density at radius 2 is 1.90 bits per heavy atom. The Morgan fingerprint density at radius 3 is 2.55 bits per heavy atom. The minimum Gasteiger partial charge on any atom is -0.488 e. The van der Waals surface area contributed by atoms with Crippen LogP contribution in [0.1, 0.15) is 21.5 Å². The second-order valence-corrected chi connectivity index (χ2v) is 4.77. The topological polar surface area (TPSA) is 35.5 Å². The summed E-state index contributed by atoms with van der Waals surface area (Å²) in [7, 11) is 1.33. The largest absolute Gasteiger partial charge is 0.488 e. The third kappa shape index (κ3) is 3.31. The molecule has 0 unspecified atom stereocenters. The van der Waals surface area contributed by atoms with Gasteiger partial charge in [-0.25, -0.2) is 4.79 Å². The van der Waals surface area contributed by atoms with Gasteiger partial charge < -0.3 is 9.47 Å². The summed E-state index contributed by atoms with van der Waals surface area (Å²) in [5.74, 6) is 0.0116. The van der Waals surface area contributed by atoms with Crippen LogP contribution in [0.25, 0.3) is 0 Å². The van der Waals surface area contributed by atoms with Crippen LogP contribution in [0.3, 0.4) is 0 Å². The van der Waals surface area contributed by atoms with Crippen molar-refractivity contribution < 1.29 is 14.3 Å². The van der Waals surface area contributed by atoms with Crippen molar-refractivity contribution in [3.63, 3.8) is 0 Å². The molecule has 0 fully saturated rings. The van der Waals surface area contributed by atoms with E-state index in [2.05, 4.69) is 0 Å². The van der Waals surface area contributed by atoms with Gasteiger partial charge in [0.1, 0.15) is 17.9 Å². The van der Waals surface area contributed by atoms with Gasteiger partial charge in [-0.15, -0.1) is 0 Å². The summed E-state index contributed by atoms with van der Waals surface area (Å²) < 4.78 is 10.5. The number of hydrogen-bond donors (Lipinski definition) is 0. The van der Waals surface area contributed by atoms with Gasteiger partial charge in [0.25, 0.3) is 0 Å². The molecule has 3 nitrogen and oxygen atoms in total. The van der Waals surface area contributed by atoms with Crippen LogP contribution in [0.2, 0.25) is 5.02 Å². The first-order valence-corrected chi connectivity index (χ1v) is 6.55. The Balaban J connectivity index is 2.26. The minimum absolute atomic E-state index is 0.332. The van der Waals surface area contributed by atoms with E-state index < -0.39 is 5.97 Å². The first-order valence-electron chi connectivity index (χ1n) is 6.17. The second kappa shape index (κ2) is 6.44. The zero-order valence-corrected chi connectivity index (χ0v) is 12.1. The molecule has 0 spiro atoms. The molecule has 0 saturated carbocycles. The molecule has 0 saturated heterocycles. The SMILES string of the molecule is COC(=O)c1cc(Cl)c(C)cc1OCc1ccccc1. The number of esters is 1. The van der Waals surface area contributed by atoms with E-state index in [4.69, 9.17) is 21.1 Å². The number of carbonyl (C=O) groups is 1. The average molecular weight is 291 g/mol. The molecule has 2 aromatic rings. The van der Waals surface area contributed by atoms with E-state index >= 15 is 0 Å². The van der Waals surface area contributed by atoms with Crippen LogP contribution >= 0.6 is 11.6 Å². The molecule has 0 N–H and O–H groups in total. The number of halogens is 1. The number of aryl methyl sites for hydroxylation is 1. The van der Waals surface area contributed by atoms with E-state index in [0.29, 0.717) is 22.9 Å². The highest BCUT2D eigenvalue weighted by Gasteiger charge is 2.15. The molecule has 0 bridgehead atoms. The van der Waals surface area contributed by atoms with E-state index in [9.17, 15) is 4.79 Å². The highest BCUT2D eigenvalue weighted by atomic mass is 35.5. The normalized spacial score (nSPS) is 10.2. The average Bonchev–Trinajstić information content (AvgIpc) is 2.48. The maximum Gasteiger partial charge on any atom is 0.341 e. The van der Waals surface area contributed by atoms with E-state index in [1.54, 1.807) is 12.1 Å². The van der Waals surface area contributed by atoms with Crippen LogP contribution in [0.5, 0.6) is 5.75 Å². The van der Waals surface area contributed by atoms with Crippen molar-refractivity contribution in [2.45, 2.75) is 13.5 Å². The molecular weight excluding hydrogens is 276 g/mol. The number of ether oxygens (including phenoxy) is 2. The molecule has 0 amide bonds. The quantitative estimate of drug-likeness (QED) is 0.798. The van der Waals surface area contributed by atoms with Gasteiger partial charge in [-0.3, -0.25) is 0 Å². The maximum absolute atomic E-state index is 11.7. The minimum atomic E-state index is -0.463. The lowest BCUT2D eigenvalue weighted by Gasteiger charge is -2.12. The van der Waals surface area contributed by atoms with Gasteiger partial charge in [0.15, 0.2) is 0 Å². The second-order valence-electron chi connectivity index (χ2n) is 4.36. The molecule has 2 aromatic carbocycles. The lowest BCUT2D eigenvalue weighted by atomic mass is 10.1. The van der Waals surface area contributed by atoms with E-state index in [1.807, 2.05) is 37.3 Å². The van der Waals surface area contributed by atoms with Gasteiger partial charge in [0, 0.05) is 5.02 Å². The summed E-state index contributed by atoms with van der Waals surface area (Å²) in [6, 6.07) is 13.1. The van der Waals surface area contributed by atoms with Crippen LogP contribution in [0, 0.1) is 6.92 Å². The fourth-order valence-electron chi connectivity index (χ4n) is 1.78. The molecule has 0 aromatic heterocycles. The standard InChI is InChI=1S/C16H15ClO3/c1-11-8-15(13(9-14(11)17)16(18)19-2)20-10-12-6-4-3-5-7-12/h3-9H,10H2,1-2H3. The van der Waals surface area contributed by atoms with Crippen LogP contribution < -0.4 is 4.74 Å².